The Labute approximate surface area is 145 Å². The lowest BCUT2D eigenvalue weighted by atomic mass is 10.2. The lowest BCUT2D eigenvalue weighted by Gasteiger charge is -2.09. The molecule has 7 nitrogen and oxygen atoms in total. The highest BCUT2D eigenvalue weighted by molar-refractivity contribution is 5.87. The first-order valence-corrected chi connectivity index (χ1v) is 6.78. The van der Waals surface area contributed by atoms with E-state index in [0.717, 1.165) is 11.4 Å². The maximum atomic E-state index is 10.6. The van der Waals surface area contributed by atoms with Gasteiger partial charge in [0.1, 0.15) is 5.75 Å². The standard InChI is InChI=1S/C14H12N2O3.C2HF3O2/c1-10-8-16(9-15-10)12-5-3-11(4-6-14(17)18)7-13(12)19-2;3-2(4,5)1(6)7/h3,5,7-9H,1-2H3,(H,17,18);(H,6,7). The molecule has 0 radical (unpaired) electrons. The molecule has 0 fully saturated rings. The van der Waals surface area contributed by atoms with Gasteiger partial charge in [-0.3, -0.25) is 0 Å². The number of ether oxygens (including phenoxy) is 1. The van der Waals surface area contributed by atoms with Crippen LogP contribution in [0.25, 0.3) is 5.69 Å². The van der Waals surface area contributed by atoms with E-state index >= 15 is 0 Å². The van der Waals surface area contributed by atoms with Crippen molar-refractivity contribution in [3.8, 4) is 23.3 Å². The first-order chi connectivity index (χ1) is 12.0. The van der Waals surface area contributed by atoms with E-state index in [-0.39, 0.29) is 0 Å². The number of aryl methyl sites for hydroxylation is 1. The number of hydrogen-bond donors (Lipinski definition) is 2. The van der Waals surface area contributed by atoms with Crippen LogP contribution in [0.3, 0.4) is 0 Å². The second-order valence-corrected chi connectivity index (χ2v) is 4.67. The van der Waals surface area contributed by atoms with Crippen LogP contribution >= 0.6 is 0 Å². The summed E-state index contributed by atoms with van der Waals surface area (Å²) in [7, 11) is 1.55. The molecule has 2 rings (SSSR count). The van der Waals surface area contributed by atoms with Gasteiger partial charge in [0.15, 0.2) is 0 Å². The molecule has 0 aliphatic carbocycles. The minimum atomic E-state index is -5.08. The third kappa shape index (κ3) is 6.20. The summed E-state index contributed by atoms with van der Waals surface area (Å²) in [5.41, 5.74) is 2.31. The monoisotopic (exact) mass is 370 g/mol. The summed E-state index contributed by atoms with van der Waals surface area (Å²) < 4.78 is 38.9. The highest BCUT2D eigenvalue weighted by atomic mass is 19.4. The fourth-order valence-corrected chi connectivity index (χ4v) is 1.65. The quantitative estimate of drug-likeness (QED) is 0.787. The van der Waals surface area contributed by atoms with Crippen LogP contribution in [0.2, 0.25) is 0 Å². The summed E-state index contributed by atoms with van der Waals surface area (Å²) >= 11 is 0. The Morgan fingerprint density at radius 1 is 1.27 bits per heavy atom. The molecule has 0 saturated heterocycles. The predicted molar refractivity (Wildman–Crippen MR) is 83.1 cm³/mol. The SMILES string of the molecule is COc1cc(C#CC(=O)O)ccc1-n1cnc(C)c1.O=C(O)C(F)(F)F. The molecule has 0 unspecified atom stereocenters. The number of aromatic nitrogens is 2. The number of halogens is 3. The van der Waals surface area contributed by atoms with Gasteiger partial charge in [-0.15, -0.1) is 0 Å². The number of methoxy groups -OCH3 is 1. The zero-order chi connectivity index (χ0) is 19.9. The Bertz CT molecular complexity index is 863. The second kappa shape index (κ2) is 8.57. The first-order valence-electron chi connectivity index (χ1n) is 6.78. The zero-order valence-corrected chi connectivity index (χ0v) is 13.5. The molecule has 1 aromatic heterocycles. The number of alkyl halides is 3. The van der Waals surface area contributed by atoms with Gasteiger partial charge >= 0.3 is 18.1 Å². The van der Waals surface area contributed by atoms with Gasteiger partial charge in [-0.1, -0.05) is 5.92 Å². The zero-order valence-electron chi connectivity index (χ0n) is 13.5. The number of carbonyl (C=O) groups is 2. The van der Waals surface area contributed by atoms with E-state index in [9.17, 15) is 18.0 Å². The molecule has 26 heavy (non-hydrogen) atoms. The van der Waals surface area contributed by atoms with Gasteiger partial charge < -0.3 is 19.5 Å². The molecule has 1 aromatic carbocycles. The topological polar surface area (TPSA) is 102 Å². The average Bonchev–Trinajstić information content (AvgIpc) is 2.98. The molecule has 0 bridgehead atoms. The molecule has 0 amide bonds. The van der Waals surface area contributed by atoms with Crippen LogP contribution in [0.5, 0.6) is 5.75 Å². The summed E-state index contributed by atoms with van der Waals surface area (Å²) in [5.74, 6) is 1.31. The largest absolute Gasteiger partial charge is 0.495 e. The van der Waals surface area contributed by atoms with Gasteiger partial charge in [-0.25, -0.2) is 14.6 Å². The minimum Gasteiger partial charge on any atom is -0.495 e. The molecule has 1 heterocycles. The van der Waals surface area contributed by atoms with E-state index in [1.54, 1.807) is 25.6 Å². The van der Waals surface area contributed by atoms with Crippen molar-refractivity contribution in [1.29, 1.82) is 0 Å². The van der Waals surface area contributed by atoms with Crippen LogP contribution in [0.1, 0.15) is 11.3 Å². The van der Waals surface area contributed by atoms with Crippen LogP contribution in [-0.4, -0.2) is 45.0 Å². The third-order valence-corrected chi connectivity index (χ3v) is 2.73. The summed E-state index contributed by atoms with van der Waals surface area (Å²) in [6.07, 6.45) is -1.52. The highest BCUT2D eigenvalue weighted by Crippen LogP contribution is 2.24. The van der Waals surface area contributed by atoms with E-state index in [0.29, 0.717) is 11.3 Å². The van der Waals surface area contributed by atoms with Crippen molar-refractivity contribution in [3.63, 3.8) is 0 Å². The van der Waals surface area contributed by atoms with Crippen molar-refractivity contribution in [1.82, 2.24) is 9.55 Å². The summed E-state index contributed by atoms with van der Waals surface area (Å²) in [6.45, 7) is 1.90. The molecule has 138 valence electrons. The number of hydrogen-bond acceptors (Lipinski definition) is 4. The molecule has 0 atom stereocenters. The van der Waals surface area contributed by atoms with E-state index < -0.39 is 18.1 Å². The number of nitrogens with zero attached hydrogens (tertiary/aromatic N) is 2. The van der Waals surface area contributed by atoms with Gasteiger partial charge in [0, 0.05) is 17.7 Å². The Morgan fingerprint density at radius 2 is 1.88 bits per heavy atom. The second-order valence-electron chi connectivity index (χ2n) is 4.67. The van der Waals surface area contributed by atoms with Crippen LogP contribution in [0.4, 0.5) is 13.2 Å². The van der Waals surface area contributed by atoms with Crippen molar-refractivity contribution in [2.75, 3.05) is 7.11 Å². The van der Waals surface area contributed by atoms with Crippen molar-refractivity contribution in [3.05, 3.63) is 42.0 Å². The number of carboxylic acid groups (broad SMARTS) is 2. The van der Waals surface area contributed by atoms with Gasteiger partial charge in [-0.2, -0.15) is 13.2 Å². The average molecular weight is 370 g/mol. The normalized spacial score (nSPS) is 10.0. The van der Waals surface area contributed by atoms with Gasteiger partial charge in [0.25, 0.3) is 0 Å². The van der Waals surface area contributed by atoms with Crippen molar-refractivity contribution in [2.45, 2.75) is 13.1 Å². The molecular formula is C16H13F3N2O5. The van der Waals surface area contributed by atoms with Gasteiger partial charge in [-0.05, 0) is 25.1 Å². The van der Waals surface area contributed by atoms with E-state index in [1.165, 1.54) is 0 Å². The summed E-state index contributed by atoms with van der Waals surface area (Å²) in [6, 6.07) is 5.25. The number of benzene rings is 1. The molecule has 0 aliphatic rings. The smallest absolute Gasteiger partial charge is 0.490 e. The van der Waals surface area contributed by atoms with Crippen LogP contribution in [0, 0.1) is 18.8 Å². The molecular weight excluding hydrogens is 357 g/mol. The number of rotatable bonds is 2. The van der Waals surface area contributed by atoms with E-state index in [1.807, 2.05) is 23.8 Å². The summed E-state index contributed by atoms with van der Waals surface area (Å²) in [4.78, 5) is 23.4. The molecule has 0 aliphatic heterocycles. The van der Waals surface area contributed by atoms with Gasteiger partial charge in [0.05, 0.1) is 24.8 Å². The minimum absolute atomic E-state index is 0.583. The summed E-state index contributed by atoms with van der Waals surface area (Å²) in [5, 5.41) is 15.6. The van der Waals surface area contributed by atoms with Crippen LogP contribution < -0.4 is 4.74 Å². The van der Waals surface area contributed by atoms with E-state index in [2.05, 4.69) is 16.8 Å². The Kier molecular flexibility index (Phi) is 6.78. The van der Waals surface area contributed by atoms with Crippen molar-refractivity contribution < 1.29 is 37.7 Å². The first kappa shape index (κ1) is 20.6. The molecule has 2 aromatic rings. The molecule has 0 spiro atoms. The lowest BCUT2D eigenvalue weighted by Crippen LogP contribution is -2.21. The lowest BCUT2D eigenvalue weighted by molar-refractivity contribution is -0.192. The fourth-order valence-electron chi connectivity index (χ4n) is 1.65. The van der Waals surface area contributed by atoms with Crippen molar-refractivity contribution >= 4 is 11.9 Å². The maximum absolute atomic E-state index is 10.6. The third-order valence-electron chi connectivity index (χ3n) is 2.73. The van der Waals surface area contributed by atoms with Crippen LogP contribution in [0.15, 0.2) is 30.7 Å². The van der Waals surface area contributed by atoms with E-state index in [4.69, 9.17) is 19.7 Å². The van der Waals surface area contributed by atoms with Gasteiger partial charge in [0.2, 0.25) is 0 Å². The number of aliphatic carboxylic acids is 2. The Morgan fingerprint density at radius 3 is 2.31 bits per heavy atom. The fraction of sp³-hybridized carbons (Fsp3) is 0.188. The predicted octanol–water partition coefficient (Wildman–Crippen LogP) is 2.26. The van der Waals surface area contributed by atoms with Crippen LogP contribution in [-0.2, 0) is 9.59 Å². The highest BCUT2D eigenvalue weighted by Gasteiger charge is 2.38. The Hall–Kier alpha value is -3.48. The number of imidazole rings is 1. The number of carboxylic acids is 2. The maximum Gasteiger partial charge on any atom is 0.490 e. The molecule has 10 heteroatoms. The Balaban J connectivity index is 0.000000412. The molecule has 2 N–H and O–H groups in total. The molecule has 0 saturated carbocycles. The van der Waals surface area contributed by atoms with Crippen molar-refractivity contribution in [2.24, 2.45) is 0 Å².